The Kier molecular flexibility index (Phi) is 6.80. The molecule has 0 fully saturated rings. The Morgan fingerprint density at radius 1 is 1.28 bits per heavy atom. The normalized spacial score (nSPS) is 12.5. The summed E-state index contributed by atoms with van der Waals surface area (Å²) in [6.45, 7) is 2.08. The van der Waals surface area contributed by atoms with Gasteiger partial charge in [0.25, 0.3) is 0 Å². The largest absolute Gasteiger partial charge is 0.497 e. The van der Waals surface area contributed by atoms with Crippen molar-refractivity contribution < 1.29 is 19.1 Å². The van der Waals surface area contributed by atoms with Crippen molar-refractivity contribution in [3.05, 3.63) is 40.3 Å². The predicted octanol–water partition coefficient (Wildman–Crippen LogP) is 3.95. The first-order valence-corrected chi connectivity index (χ1v) is 12.1. The molecule has 168 valence electrons. The number of rotatable bonds is 8. The fraction of sp³-hybridized carbons (Fsp3) is 0.364. The predicted molar refractivity (Wildman–Crippen MR) is 125 cm³/mol. The number of esters is 1. The van der Waals surface area contributed by atoms with Crippen molar-refractivity contribution in [2.75, 3.05) is 24.8 Å². The summed E-state index contributed by atoms with van der Waals surface area (Å²) in [7, 11) is 3.48. The van der Waals surface area contributed by atoms with Gasteiger partial charge in [-0.1, -0.05) is 23.9 Å². The molecule has 0 spiro atoms. The van der Waals surface area contributed by atoms with Crippen LogP contribution in [0.1, 0.15) is 34.1 Å². The molecule has 0 unspecified atom stereocenters. The minimum absolute atomic E-state index is 0.148. The van der Waals surface area contributed by atoms with Crippen LogP contribution in [0.3, 0.4) is 0 Å². The number of amides is 1. The number of aromatic nitrogens is 3. The van der Waals surface area contributed by atoms with Crippen LogP contribution in [-0.4, -0.2) is 46.1 Å². The summed E-state index contributed by atoms with van der Waals surface area (Å²) < 4.78 is 12.3. The molecule has 8 nitrogen and oxygen atoms in total. The molecule has 0 saturated carbocycles. The minimum Gasteiger partial charge on any atom is -0.497 e. The first kappa shape index (κ1) is 22.3. The van der Waals surface area contributed by atoms with Gasteiger partial charge in [-0.05, 0) is 43.9 Å². The second-order valence-corrected chi connectivity index (χ2v) is 9.26. The fourth-order valence-electron chi connectivity index (χ4n) is 3.66. The molecule has 0 aliphatic heterocycles. The first-order valence-electron chi connectivity index (χ1n) is 10.3. The Morgan fingerprint density at radius 2 is 2.12 bits per heavy atom. The van der Waals surface area contributed by atoms with Crippen LogP contribution >= 0.6 is 23.1 Å². The van der Waals surface area contributed by atoms with E-state index in [2.05, 4.69) is 15.5 Å². The van der Waals surface area contributed by atoms with E-state index in [9.17, 15) is 9.59 Å². The number of thiophene rings is 1. The lowest BCUT2D eigenvalue weighted by Gasteiger charge is -2.08. The number of aryl methyl sites for hydroxylation is 1. The van der Waals surface area contributed by atoms with Crippen LogP contribution in [0, 0.1) is 0 Å². The summed E-state index contributed by atoms with van der Waals surface area (Å²) in [5, 5.41) is 12.6. The summed E-state index contributed by atoms with van der Waals surface area (Å²) in [5.41, 5.74) is 2.41. The molecule has 3 aromatic rings. The Balaban J connectivity index is 1.44. The van der Waals surface area contributed by atoms with Crippen LogP contribution in [0.4, 0.5) is 5.00 Å². The molecule has 0 bridgehead atoms. The third kappa shape index (κ3) is 4.51. The highest BCUT2D eigenvalue weighted by Crippen LogP contribution is 2.39. The third-order valence-corrected chi connectivity index (χ3v) is 7.38. The Morgan fingerprint density at radius 3 is 2.91 bits per heavy atom. The van der Waals surface area contributed by atoms with Gasteiger partial charge in [-0.3, -0.25) is 4.79 Å². The summed E-state index contributed by atoms with van der Waals surface area (Å²) in [6, 6.07) is 7.58. The number of ether oxygens (including phenoxy) is 2. The molecule has 0 saturated heterocycles. The molecule has 1 amide bonds. The number of carbonyl (C=O) groups is 2. The van der Waals surface area contributed by atoms with E-state index < -0.39 is 0 Å². The van der Waals surface area contributed by atoms with E-state index >= 15 is 0 Å². The van der Waals surface area contributed by atoms with Gasteiger partial charge in [0.05, 0.1) is 25.0 Å². The average Bonchev–Trinajstić information content (AvgIpc) is 3.47. The monoisotopic (exact) mass is 472 g/mol. The maximum atomic E-state index is 12.7. The number of nitrogens with one attached hydrogen (secondary N) is 1. The number of hydrogen-bond acceptors (Lipinski definition) is 8. The van der Waals surface area contributed by atoms with Crippen LogP contribution in [0.5, 0.6) is 5.75 Å². The number of methoxy groups -OCH3 is 1. The number of nitrogens with zero attached hydrogens (tertiary/aromatic N) is 3. The van der Waals surface area contributed by atoms with Crippen LogP contribution in [0.25, 0.3) is 11.4 Å². The smallest absolute Gasteiger partial charge is 0.341 e. The van der Waals surface area contributed by atoms with E-state index in [1.165, 1.54) is 23.1 Å². The molecule has 1 aromatic carbocycles. The van der Waals surface area contributed by atoms with Gasteiger partial charge in [-0.25, -0.2) is 4.79 Å². The first-order chi connectivity index (χ1) is 15.5. The van der Waals surface area contributed by atoms with Gasteiger partial charge in [-0.15, -0.1) is 21.5 Å². The zero-order valence-electron chi connectivity index (χ0n) is 18.1. The summed E-state index contributed by atoms with van der Waals surface area (Å²) in [6.07, 6.45) is 2.80. The molecular formula is C22H24N4O4S2. The molecule has 1 N–H and O–H groups in total. The molecule has 10 heteroatoms. The zero-order valence-corrected chi connectivity index (χ0v) is 19.8. The van der Waals surface area contributed by atoms with Gasteiger partial charge < -0.3 is 19.4 Å². The lowest BCUT2D eigenvalue weighted by Crippen LogP contribution is -2.17. The number of benzene rings is 1. The lowest BCUT2D eigenvalue weighted by atomic mass is 10.1. The van der Waals surface area contributed by atoms with Crippen LogP contribution in [0.2, 0.25) is 0 Å². The second kappa shape index (κ2) is 9.74. The van der Waals surface area contributed by atoms with E-state index in [0.29, 0.717) is 28.2 Å². The van der Waals surface area contributed by atoms with Crippen molar-refractivity contribution in [2.45, 2.75) is 31.3 Å². The van der Waals surface area contributed by atoms with Crippen LogP contribution < -0.4 is 10.1 Å². The highest BCUT2D eigenvalue weighted by atomic mass is 32.2. The van der Waals surface area contributed by atoms with E-state index in [4.69, 9.17) is 9.47 Å². The van der Waals surface area contributed by atoms with Crippen molar-refractivity contribution >= 4 is 40.0 Å². The molecule has 1 aliphatic rings. The molecule has 32 heavy (non-hydrogen) atoms. The number of thioether (sulfide) groups is 1. The fourth-order valence-corrected chi connectivity index (χ4v) is 5.66. The highest BCUT2D eigenvalue weighted by molar-refractivity contribution is 7.99. The second-order valence-electron chi connectivity index (χ2n) is 7.22. The minimum atomic E-state index is -0.369. The molecule has 0 radical (unpaired) electrons. The number of anilines is 1. The van der Waals surface area contributed by atoms with Gasteiger partial charge in [0.15, 0.2) is 11.0 Å². The van der Waals surface area contributed by atoms with Gasteiger partial charge in [0.1, 0.15) is 10.8 Å². The quantitative estimate of drug-likeness (QED) is 0.392. The van der Waals surface area contributed by atoms with Gasteiger partial charge in [0.2, 0.25) is 5.91 Å². The van der Waals surface area contributed by atoms with E-state index in [1.807, 2.05) is 35.9 Å². The number of fused-ring (bicyclic) bond motifs is 1. The SMILES string of the molecule is CCOC(=O)c1c(NC(=O)CSc2nnc(-c3cccc(OC)c3)n2C)sc2c1CCC2. The summed E-state index contributed by atoms with van der Waals surface area (Å²) in [4.78, 5) is 26.3. The third-order valence-electron chi connectivity index (χ3n) is 5.15. The lowest BCUT2D eigenvalue weighted by molar-refractivity contribution is -0.113. The maximum Gasteiger partial charge on any atom is 0.341 e. The standard InChI is InChI=1S/C22H24N4O4S2/c1-4-30-21(28)18-15-9-6-10-16(15)32-20(18)23-17(27)12-31-22-25-24-19(26(22)2)13-7-5-8-14(11-13)29-3/h5,7-8,11H,4,6,9-10,12H2,1-3H3,(H,23,27). The van der Waals surface area contributed by atoms with Gasteiger partial charge in [-0.2, -0.15) is 0 Å². The van der Waals surface area contributed by atoms with E-state index in [-0.39, 0.29) is 17.6 Å². The van der Waals surface area contributed by atoms with E-state index in [1.54, 1.807) is 14.0 Å². The zero-order chi connectivity index (χ0) is 22.7. The van der Waals surface area contributed by atoms with Crippen molar-refractivity contribution in [1.82, 2.24) is 14.8 Å². The van der Waals surface area contributed by atoms with Crippen LogP contribution in [0.15, 0.2) is 29.4 Å². The Bertz CT molecular complexity index is 1160. The molecule has 2 heterocycles. The molecule has 2 aromatic heterocycles. The van der Waals surface area contributed by atoms with Crippen molar-refractivity contribution in [3.63, 3.8) is 0 Å². The average molecular weight is 473 g/mol. The van der Waals surface area contributed by atoms with Gasteiger partial charge in [0, 0.05) is 17.5 Å². The van der Waals surface area contributed by atoms with Gasteiger partial charge >= 0.3 is 5.97 Å². The van der Waals surface area contributed by atoms with Crippen LogP contribution in [-0.2, 0) is 29.4 Å². The Labute approximate surface area is 194 Å². The van der Waals surface area contributed by atoms with Crippen molar-refractivity contribution in [1.29, 1.82) is 0 Å². The topological polar surface area (TPSA) is 95.3 Å². The highest BCUT2D eigenvalue weighted by Gasteiger charge is 2.28. The maximum absolute atomic E-state index is 12.7. The Hall–Kier alpha value is -2.85. The van der Waals surface area contributed by atoms with Crippen molar-refractivity contribution in [2.24, 2.45) is 7.05 Å². The summed E-state index contributed by atoms with van der Waals surface area (Å²) >= 11 is 2.76. The molecule has 4 rings (SSSR count). The van der Waals surface area contributed by atoms with E-state index in [0.717, 1.165) is 41.0 Å². The molecular weight excluding hydrogens is 448 g/mol. The van der Waals surface area contributed by atoms with Crippen molar-refractivity contribution in [3.8, 4) is 17.1 Å². The number of carbonyl (C=O) groups excluding carboxylic acids is 2. The molecule has 1 aliphatic carbocycles. The molecule has 0 atom stereocenters. The number of hydrogen-bond donors (Lipinski definition) is 1. The summed E-state index contributed by atoms with van der Waals surface area (Å²) in [5.74, 6) is 0.998.